The summed E-state index contributed by atoms with van der Waals surface area (Å²) in [5.41, 5.74) is 2.24. The molecule has 0 radical (unpaired) electrons. The molecule has 0 atom stereocenters. The summed E-state index contributed by atoms with van der Waals surface area (Å²) in [6, 6.07) is 12.1. The molecule has 23 heavy (non-hydrogen) atoms. The average Bonchev–Trinajstić information content (AvgIpc) is 2.57. The van der Waals surface area contributed by atoms with Gasteiger partial charge in [-0.05, 0) is 30.7 Å². The van der Waals surface area contributed by atoms with Crippen molar-refractivity contribution in [3.05, 3.63) is 47.6 Å². The summed E-state index contributed by atoms with van der Waals surface area (Å²) in [4.78, 5) is 0. The first-order chi connectivity index (χ1) is 11.2. The zero-order valence-electron chi connectivity index (χ0n) is 14.2. The highest BCUT2D eigenvalue weighted by molar-refractivity contribution is 6.30. The van der Waals surface area contributed by atoms with Gasteiger partial charge in [0.25, 0.3) is 0 Å². The standard InChI is InChI=1S/C20H27ClNO/c1-3-4-5-6-7-8-15-23-19-11-9-17(10-12-19)20-16-18(21)13-14-22(20)2/h9-14,16H,3-8,15H2,1-2H3/q+1. The zero-order chi connectivity index (χ0) is 16.5. The van der Waals surface area contributed by atoms with Crippen molar-refractivity contribution in [3.63, 3.8) is 0 Å². The molecule has 0 saturated heterocycles. The van der Waals surface area contributed by atoms with Crippen molar-refractivity contribution in [2.24, 2.45) is 7.05 Å². The number of halogens is 1. The molecule has 0 aliphatic rings. The Morgan fingerprint density at radius 1 is 0.957 bits per heavy atom. The minimum absolute atomic E-state index is 0.751. The minimum Gasteiger partial charge on any atom is -0.494 e. The molecule has 0 saturated carbocycles. The van der Waals surface area contributed by atoms with Crippen LogP contribution in [0, 0.1) is 0 Å². The van der Waals surface area contributed by atoms with Gasteiger partial charge in [-0.1, -0.05) is 50.6 Å². The van der Waals surface area contributed by atoms with Crippen LogP contribution in [0.3, 0.4) is 0 Å². The second-order valence-corrected chi connectivity index (χ2v) is 6.42. The van der Waals surface area contributed by atoms with Gasteiger partial charge in [0, 0.05) is 17.7 Å². The molecule has 0 aliphatic carbocycles. The van der Waals surface area contributed by atoms with Gasteiger partial charge in [0.15, 0.2) is 6.20 Å². The summed E-state index contributed by atoms with van der Waals surface area (Å²) in [5, 5.41) is 0.751. The summed E-state index contributed by atoms with van der Waals surface area (Å²) in [5.74, 6) is 0.937. The predicted molar refractivity (Wildman–Crippen MR) is 96.9 cm³/mol. The fraction of sp³-hybridized carbons (Fsp3) is 0.450. The molecule has 0 bridgehead atoms. The van der Waals surface area contributed by atoms with Crippen LogP contribution in [0.4, 0.5) is 0 Å². The van der Waals surface area contributed by atoms with Gasteiger partial charge in [-0.2, -0.15) is 0 Å². The lowest BCUT2D eigenvalue weighted by Crippen LogP contribution is -2.30. The summed E-state index contributed by atoms with van der Waals surface area (Å²) in [6.07, 6.45) is 9.69. The van der Waals surface area contributed by atoms with Crippen molar-refractivity contribution in [3.8, 4) is 17.0 Å². The minimum atomic E-state index is 0.751. The molecular formula is C20H27ClNO+. The largest absolute Gasteiger partial charge is 0.494 e. The van der Waals surface area contributed by atoms with Gasteiger partial charge >= 0.3 is 0 Å². The SMILES string of the molecule is CCCCCCCCOc1ccc(-c2cc(Cl)cc[n+]2C)cc1. The Hall–Kier alpha value is -1.54. The van der Waals surface area contributed by atoms with Crippen molar-refractivity contribution in [1.29, 1.82) is 0 Å². The molecule has 0 aliphatic heterocycles. The van der Waals surface area contributed by atoms with Crippen molar-refractivity contribution in [2.45, 2.75) is 45.4 Å². The lowest BCUT2D eigenvalue weighted by molar-refractivity contribution is -0.660. The quantitative estimate of drug-likeness (QED) is 0.432. The molecule has 3 heteroatoms. The monoisotopic (exact) mass is 332 g/mol. The van der Waals surface area contributed by atoms with Crippen LogP contribution in [0.15, 0.2) is 42.6 Å². The normalized spacial score (nSPS) is 10.7. The van der Waals surface area contributed by atoms with Crippen LogP contribution in [-0.2, 0) is 7.05 Å². The number of hydrogen-bond donors (Lipinski definition) is 0. The van der Waals surface area contributed by atoms with Gasteiger partial charge in [-0.3, -0.25) is 0 Å². The molecule has 0 amide bonds. The molecule has 2 nitrogen and oxygen atoms in total. The number of aromatic nitrogens is 1. The van der Waals surface area contributed by atoms with E-state index in [4.69, 9.17) is 16.3 Å². The third-order valence-electron chi connectivity index (χ3n) is 4.03. The molecule has 1 aromatic carbocycles. The maximum absolute atomic E-state index is 6.09. The first-order valence-corrected chi connectivity index (χ1v) is 8.97. The predicted octanol–water partition coefficient (Wildman–Crippen LogP) is 5.57. The van der Waals surface area contributed by atoms with Crippen LogP contribution < -0.4 is 9.30 Å². The Bertz CT molecular complexity index is 595. The van der Waals surface area contributed by atoms with Crippen LogP contribution in [0.5, 0.6) is 5.75 Å². The van der Waals surface area contributed by atoms with E-state index in [1.807, 2.05) is 37.5 Å². The van der Waals surface area contributed by atoms with E-state index >= 15 is 0 Å². The van der Waals surface area contributed by atoms with Gasteiger partial charge in [-0.25, -0.2) is 4.57 Å². The number of ether oxygens (including phenoxy) is 1. The molecule has 1 heterocycles. The second kappa shape index (κ2) is 9.57. The fourth-order valence-electron chi connectivity index (χ4n) is 2.63. The molecule has 0 fully saturated rings. The number of rotatable bonds is 9. The van der Waals surface area contributed by atoms with Gasteiger partial charge in [0.1, 0.15) is 12.8 Å². The first-order valence-electron chi connectivity index (χ1n) is 8.59. The Labute approximate surface area is 145 Å². The smallest absolute Gasteiger partial charge is 0.213 e. The van der Waals surface area contributed by atoms with Crippen LogP contribution in [0.1, 0.15) is 45.4 Å². The first kappa shape index (κ1) is 17.8. The molecular weight excluding hydrogens is 306 g/mol. The molecule has 0 unspecified atom stereocenters. The van der Waals surface area contributed by atoms with E-state index in [-0.39, 0.29) is 0 Å². The highest BCUT2D eigenvalue weighted by Gasteiger charge is 2.10. The highest BCUT2D eigenvalue weighted by Crippen LogP contribution is 2.22. The van der Waals surface area contributed by atoms with E-state index in [2.05, 4.69) is 23.6 Å². The molecule has 124 valence electrons. The Kier molecular flexibility index (Phi) is 7.41. The zero-order valence-corrected chi connectivity index (χ0v) is 15.0. The van der Waals surface area contributed by atoms with Gasteiger partial charge < -0.3 is 4.74 Å². The van der Waals surface area contributed by atoms with Crippen LogP contribution in [-0.4, -0.2) is 6.61 Å². The van der Waals surface area contributed by atoms with Crippen LogP contribution in [0.2, 0.25) is 5.02 Å². The summed E-state index contributed by atoms with van der Waals surface area (Å²) in [6.45, 7) is 3.05. The number of aryl methyl sites for hydroxylation is 1. The lowest BCUT2D eigenvalue weighted by Gasteiger charge is -2.07. The van der Waals surface area contributed by atoms with E-state index in [1.54, 1.807) is 0 Å². The third kappa shape index (κ3) is 5.87. The van der Waals surface area contributed by atoms with Gasteiger partial charge in [0.2, 0.25) is 5.69 Å². The van der Waals surface area contributed by atoms with Crippen molar-refractivity contribution < 1.29 is 9.30 Å². The maximum atomic E-state index is 6.09. The molecule has 2 rings (SSSR count). The van der Waals surface area contributed by atoms with Gasteiger partial charge in [0.05, 0.1) is 11.6 Å². The van der Waals surface area contributed by atoms with E-state index in [9.17, 15) is 0 Å². The molecule has 1 aromatic heterocycles. The Morgan fingerprint density at radius 2 is 1.65 bits per heavy atom. The van der Waals surface area contributed by atoms with Crippen molar-refractivity contribution in [2.75, 3.05) is 6.61 Å². The maximum Gasteiger partial charge on any atom is 0.213 e. The molecule has 0 spiro atoms. The Balaban J connectivity index is 1.82. The third-order valence-corrected chi connectivity index (χ3v) is 4.26. The summed E-state index contributed by atoms with van der Waals surface area (Å²) >= 11 is 6.09. The number of benzene rings is 1. The van der Waals surface area contributed by atoms with Crippen LogP contribution >= 0.6 is 11.6 Å². The lowest BCUT2D eigenvalue weighted by atomic mass is 10.1. The molecule has 2 aromatic rings. The number of unbranched alkanes of at least 4 members (excludes halogenated alkanes) is 5. The molecule has 0 N–H and O–H groups in total. The van der Waals surface area contributed by atoms with E-state index < -0.39 is 0 Å². The van der Waals surface area contributed by atoms with E-state index in [0.29, 0.717) is 0 Å². The topological polar surface area (TPSA) is 13.1 Å². The van der Waals surface area contributed by atoms with Gasteiger partial charge in [-0.15, -0.1) is 0 Å². The number of hydrogen-bond acceptors (Lipinski definition) is 1. The highest BCUT2D eigenvalue weighted by atomic mass is 35.5. The van der Waals surface area contributed by atoms with Crippen molar-refractivity contribution in [1.82, 2.24) is 0 Å². The van der Waals surface area contributed by atoms with E-state index in [0.717, 1.165) is 35.1 Å². The second-order valence-electron chi connectivity index (χ2n) is 5.98. The number of nitrogens with zero attached hydrogens (tertiary/aromatic N) is 1. The summed E-state index contributed by atoms with van der Waals surface area (Å²) in [7, 11) is 2.02. The summed E-state index contributed by atoms with van der Waals surface area (Å²) < 4.78 is 7.89. The fourth-order valence-corrected chi connectivity index (χ4v) is 2.78. The van der Waals surface area contributed by atoms with Crippen LogP contribution in [0.25, 0.3) is 11.3 Å². The average molecular weight is 333 g/mol. The number of pyridine rings is 1. The van der Waals surface area contributed by atoms with E-state index in [1.165, 1.54) is 32.1 Å². The Morgan fingerprint density at radius 3 is 2.39 bits per heavy atom. The van der Waals surface area contributed by atoms with Crippen molar-refractivity contribution >= 4 is 11.6 Å².